The molecule has 1 aromatic heterocycles. The molecule has 0 unspecified atom stereocenters. The number of sulfonamides is 1. The van der Waals surface area contributed by atoms with Crippen LogP contribution >= 0.6 is 11.3 Å². The summed E-state index contributed by atoms with van der Waals surface area (Å²) in [5, 5.41) is 4.49. The van der Waals surface area contributed by atoms with Gasteiger partial charge in [-0.05, 0) is 30.0 Å². The van der Waals surface area contributed by atoms with Crippen molar-refractivity contribution < 1.29 is 22.7 Å². The molecule has 0 aliphatic rings. The summed E-state index contributed by atoms with van der Waals surface area (Å²) in [6, 6.07) is 8.36. The molecule has 0 fully saturated rings. The van der Waals surface area contributed by atoms with Crippen molar-refractivity contribution in [3.05, 3.63) is 35.7 Å². The molecular weight excluding hydrogens is 376 g/mol. The van der Waals surface area contributed by atoms with Crippen molar-refractivity contribution in [2.75, 3.05) is 33.1 Å². The molecular formula is C17H22N2O5S2. The number of carbonyl (C=O) groups is 1. The molecule has 0 aliphatic carbocycles. The third-order valence-electron chi connectivity index (χ3n) is 3.72. The molecule has 142 valence electrons. The first-order chi connectivity index (χ1) is 12.4. The Morgan fingerprint density at radius 2 is 2.00 bits per heavy atom. The van der Waals surface area contributed by atoms with Gasteiger partial charge >= 0.3 is 0 Å². The third kappa shape index (κ3) is 4.96. The summed E-state index contributed by atoms with van der Waals surface area (Å²) in [6.07, 6.45) is 0.602. The number of methoxy groups -OCH3 is 2. The van der Waals surface area contributed by atoms with E-state index < -0.39 is 10.0 Å². The quantitative estimate of drug-likeness (QED) is 0.702. The molecule has 0 bridgehead atoms. The zero-order valence-corrected chi connectivity index (χ0v) is 16.5. The van der Waals surface area contributed by atoms with Crippen molar-refractivity contribution in [1.82, 2.24) is 4.31 Å². The summed E-state index contributed by atoms with van der Waals surface area (Å²) >= 11 is 1.17. The van der Waals surface area contributed by atoms with E-state index in [4.69, 9.17) is 9.47 Å². The average molecular weight is 399 g/mol. The molecule has 0 aliphatic heterocycles. The van der Waals surface area contributed by atoms with Crippen molar-refractivity contribution in [3.63, 3.8) is 0 Å². The average Bonchev–Trinajstić information content (AvgIpc) is 3.17. The highest BCUT2D eigenvalue weighted by molar-refractivity contribution is 7.91. The fourth-order valence-corrected chi connectivity index (χ4v) is 4.67. The summed E-state index contributed by atoms with van der Waals surface area (Å²) < 4.78 is 36.5. The van der Waals surface area contributed by atoms with E-state index in [1.807, 2.05) is 0 Å². The number of hydrogen-bond donors (Lipinski definition) is 1. The van der Waals surface area contributed by atoms with Gasteiger partial charge in [0.1, 0.15) is 15.7 Å². The molecule has 2 rings (SSSR count). The van der Waals surface area contributed by atoms with Gasteiger partial charge in [-0.25, -0.2) is 12.7 Å². The molecule has 26 heavy (non-hydrogen) atoms. The lowest BCUT2D eigenvalue weighted by Crippen LogP contribution is -2.28. The first kappa shape index (κ1) is 20.2. The van der Waals surface area contributed by atoms with Gasteiger partial charge in [0, 0.05) is 26.1 Å². The Labute approximate surface area is 157 Å². The first-order valence-corrected chi connectivity index (χ1v) is 10.2. The summed E-state index contributed by atoms with van der Waals surface area (Å²) in [6.45, 7) is 0.257. The largest absolute Gasteiger partial charge is 0.497 e. The van der Waals surface area contributed by atoms with Gasteiger partial charge in [0.05, 0.1) is 19.9 Å². The van der Waals surface area contributed by atoms with Crippen LogP contribution in [0.15, 0.2) is 39.9 Å². The molecule has 0 saturated carbocycles. The molecule has 1 heterocycles. The Kier molecular flexibility index (Phi) is 7.01. The van der Waals surface area contributed by atoms with Crippen LogP contribution in [-0.2, 0) is 14.8 Å². The second kappa shape index (κ2) is 9.02. The van der Waals surface area contributed by atoms with E-state index in [1.54, 1.807) is 42.8 Å². The zero-order valence-electron chi connectivity index (χ0n) is 14.9. The molecule has 7 nitrogen and oxygen atoms in total. The standard InChI is InChI=1S/C17H22N2O5S2/c1-19(26(21,22)17-7-5-11-25-17)10-4-6-16(20)18-14-9-8-13(23-2)12-15(14)24-3/h5,7-9,11-12H,4,6,10H2,1-3H3,(H,18,20). The van der Waals surface area contributed by atoms with E-state index in [0.29, 0.717) is 27.8 Å². The Bertz CT molecular complexity index is 835. The van der Waals surface area contributed by atoms with Crippen molar-refractivity contribution in [2.45, 2.75) is 17.1 Å². The number of nitrogens with one attached hydrogen (secondary N) is 1. The minimum atomic E-state index is -3.48. The van der Waals surface area contributed by atoms with Gasteiger partial charge in [0.15, 0.2) is 0 Å². The number of amides is 1. The van der Waals surface area contributed by atoms with E-state index >= 15 is 0 Å². The van der Waals surface area contributed by atoms with E-state index in [2.05, 4.69) is 5.32 Å². The monoisotopic (exact) mass is 398 g/mol. The van der Waals surface area contributed by atoms with Gasteiger partial charge in [-0.15, -0.1) is 11.3 Å². The zero-order chi connectivity index (χ0) is 19.2. The first-order valence-electron chi connectivity index (χ1n) is 7.90. The van der Waals surface area contributed by atoms with Crippen LogP contribution in [0.5, 0.6) is 11.5 Å². The predicted octanol–water partition coefficient (Wildman–Crippen LogP) is 2.80. The molecule has 1 amide bonds. The highest BCUT2D eigenvalue weighted by atomic mass is 32.2. The number of rotatable bonds is 9. The van der Waals surface area contributed by atoms with Gasteiger partial charge < -0.3 is 14.8 Å². The molecule has 0 atom stereocenters. The molecule has 0 radical (unpaired) electrons. The lowest BCUT2D eigenvalue weighted by atomic mass is 10.2. The molecule has 1 aromatic carbocycles. The normalized spacial score (nSPS) is 11.4. The van der Waals surface area contributed by atoms with Gasteiger partial charge in [-0.3, -0.25) is 4.79 Å². The topological polar surface area (TPSA) is 84.9 Å². The lowest BCUT2D eigenvalue weighted by molar-refractivity contribution is -0.116. The molecule has 9 heteroatoms. The smallest absolute Gasteiger partial charge is 0.252 e. The van der Waals surface area contributed by atoms with E-state index in [9.17, 15) is 13.2 Å². The number of thiophene rings is 1. The number of hydrogen-bond acceptors (Lipinski definition) is 6. The highest BCUT2D eigenvalue weighted by Crippen LogP contribution is 2.29. The van der Waals surface area contributed by atoms with Crippen molar-refractivity contribution in [2.24, 2.45) is 0 Å². The summed E-state index contributed by atoms with van der Waals surface area (Å²) in [7, 11) is 1.09. The second-order valence-electron chi connectivity index (χ2n) is 5.48. The van der Waals surface area contributed by atoms with Gasteiger partial charge in [0.2, 0.25) is 5.91 Å². The highest BCUT2D eigenvalue weighted by Gasteiger charge is 2.21. The van der Waals surface area contributed by atoms with Crippen molar-refractivity contribution in [3.8, 4) is 11.5 Å². The summed E-state index contributed by atoms with van der Waals surface area (Å²) in [5.74, 6) is 0.908. The van der Waals surface area contributed by atoms with Crippen LogP contribution in [0.4, 0.5) is 5.69 Å². The maximum Gasteiger partial charge on any atom is 0.252 e. The van der Waals surface area contributed by atoms with E-state index in [1.165, 1.54) is 29.8 Å². The van der Waals surface area contributed by atoms with E-state index in [0.717, 1.165) is 0 Å². The fraction of sp³-hybridized carbons (Fsp3) is 0.353. The number of benzene rings is 1. The van der Waals surface area contributed by atoms with Crippen molar-refractivity contribution >= 4 is 33.0 Å². The van der Waals surface area contributed by atoms with Crippen LogP contribution in [-0.4, -0.2) is 46.4 Å². The van der Waals surface area contributed by atoms with Crippen LogP contribution in [0.3, 0.4) is 0 Å². The van der Waals surface area contributed by atoms with Gasteiger partial charge in [0.25, 0.3) is 10.0 Å². The van der Waals surface area contributed by atoms with Crippen LogP contribution in [0.25, 0.3) is 0 Å². The SMILES string of the molecule is COc1ccc(NC(=O)CCCN(C)S(=O)(=O)c2cccs2)c(OC)c1. The lowest BCUT2D eigenvalue weighted by Gasteiger charge is -2.16. The van der Waals surface area contributed by atoms with Crippen LogP contribution in [0.1, 0.15) is 12.8 Å². The number of carbonyl (C=O) groups excluding carboxylic acids is 1. The number of nitrogens with zero attached hydrogens (tertiary/aromatic N) is 1. The van der Waals surface area contributed by atoms with Crippen LogP contribution in [0.2, 0.25) is 0 Å². The molecule has 0 spiro atoms. The van der Waals surface area contributed by atoms with Crippen LogP contribution in [0, 0.1) is 0 Å². The van der Waals surface area contributed by atoms with Gasteiger partial charge in [-0.1, -0.05) is 6.07 Å². The third-order valence-corrected chi connectivity index (χ3v) is 6.95. The fourth-order valence-electron chi connectivity index (χ4n) is 2.26. The number of anilines is 1. The Balaban J connectivity index is 1.88. The predicted molar refractivity (Wildman–Crippen MR) is 102 cm³/mol. The molecule has 1 N–H and O–H groups in total. The Hall–Kier alpha value is -2.10. The van der Waals surface area contributed by atoms with Gasteiger partial charge in [-0.2, -0.15) is 0 Å². The maximum absolute atomic E-state index is 12.3. The summed E-state index contributed by atoms with van der Waals surface area (Å²) in [4.78, 5) is 12.1. The second-order valence-corrected chi connectivity index (χ2v) is 8.70. The van der Waals surface area contributed by atoms with E-state index in [-0.39, 0.29) is 18.9 Å². The van der Waals surface area contributed by atoms with Crippen molar-refractivity contribution in [1.29, 1.82) is 0 Å². The Morgan fingerprint density at radius 3 is 2.62 bits per heavy atom. The molecule has 2 aromatic rings. The minimum Gasteiger partial charge on any atom is -0.497 e. The summed E-state index contributed by atoms with van der Waals surface area (Å²) in [5.41, 5.74) is 0.540. The number of ether oxygens (including phenoxy) is 2. The minimum absolute atomic E-state index is 0.194. The Morgan fingerprint density at radius 1 is 1.23 bits per heavy atom. The molecule has 0 saturated heterocycles. The van der Waals surface area contributed by atoms with Crippen LogP contribution < -0.4 is 14.8 Å². The maximum atomic E-state index is 12.3.